The van der Waals surface area contributed by atoms with Crippen LogP contribution in [0.1, 0.15) is 23.9 Å². The van der Waals surface area contributed by atoms with E-state index in [2.05, 4.69) is 39.3 Å². The molecular weight excluding hydrogens is 364 g/mol. The molecule has 1 aliphatic heterocycles. The third-order valence-electron chi connectivity index (χ3n) is 5.43. The molecule has 29 heavy (non-hydrogen) atoms. The van der Waals surface area contributed by atoms with E-state index < -0.39 is 0 Å². The highest BCUT2D eigenvalue weighted by Gasteiger charge is 2.28. The van der Waals surface area contributed by atoms with Gasteiger partial charge < -0.3 is 9.26 Å². The molecule has 2 aromatic carbocycles. The average molecular weight is 386 g/mol. The lowest BCUT2D eigenvalue weighted by Gasteiger charge is -2.14. The van der Waals surface area contributed by atoms with E-state index in [1.54, 1.807) is 7.11 Å². The molecule has 0 N–H and O–H groups in total. The summed E-state index contributed by atoms with van der Waals surface area (Å²) in [5.41, 5.74) is 3.03. The number of methoxy groups -OCH3 is 1. The van der Waals surface area contributed by atoms with Crippen LogP contribution >= 0.6 is 0 Å². The fourth-order valence-corrected chi connectivity index (χ4v) is 3.88. The van der Waals surface area contributed by atoms with Gasteiger partial charge in [-0.1, -0.05) is 41.6 Å². The molecular formula is C23H22N4O2. The molecule has 0 bridgehead atoms. The van der Waals surface area contributed by atoms with Gasteiger partial charge in [0, 0.05) is 24.0 Å². The highest BCUT2D eigenvalue weighted by molar-refractivity contribution is 5.78. The van der Waals surface area contributed by atoms with Crippen LogP contribution < -0.4 is 4.74 Å². The lowest BCUT2D eigenvalue weighted by molar-refractivity contribution is 0.306. The molecule has 5 rings (SSSR count). The molecule has 0 radical (unpaired) electrons. The number of aromatic nitrogens is 3. The molecule has 1 fully saturated rings. The predicted molar refractivity (Wildman–Crippen MR) is 111 cm³/mol. The first kappa shape index (κ1) is 17.8. The van der Waals surface area contributed by atoms with Crippen molar-refractivity contribution in [3.63, 3.8) is 0 Å². The van der Waals surface area contributed by atoms with Gasteiger partial charge in [0.15, 0.2) is 0 Å². The largest absolute Gasteiger partial charge is 0.497 e. The first-order chi connectivity index (χ1) is 14.3. The molecule has 6 nitrogen and oxygen atoms in total. The number of pyridine rings is 1. The van der Waals surface area contributed by atoms with Crippen LogP contribution in [0.25, 0.3) is 22.3 Å². The van der Waals surface area contributed by atoms with Gasteiger partial charge in [0.25, 0.3) is 0 Å². The van der Waals surface area contributed by atoms with Gasteiger partial charge in [-0.05, 0) is 37.2 Å². The van der Waals surface area contributed by atoms with Crippen molar-refractivity contribution >= 4 is 10.9 Å². The van der Waals surface area contributed by atoms with E-state index in [0.29, 0.717) is 11.7 Å². The standard InChI is InChI=1S/C23H22N4O2/c1-28-20-7-4-6-17(13-20)22-25-23(29-26-22)18-11-12-27(14-18)15-19-10-9-16-5-2-3-8-21(16)24-19/h2-10,13,18H,11-12,14-15H2,1H3/t18-/m0/s1. The van der Waals surface area contributed by atoms with E-state index in [4.69, 9.17) is 14.2 Å². The molecule has 0 spiro atoms. The van der Waals surface area contributed by atoms with Crippen LogP contribution in [0.3, 0.4) is 0 Å². The Morgan fingerprint density at radius 2 is 2.00 bits per heavy atom. The number of rotatable bonds is 5. The van der Waals surface area contributed by atoms with Crippen molar-refractivity contribution in [2.45, 2.75) is 18.9 Å². The molecule has 0 aliphatic carbocycles. The van der Waals surface area contributed by atoms with Crippen molar-refractivity contribution < 1.29 is 9.26 Å². The van der Waals surface area contributed by atoms with E-state index in [0.717, 1.165) is 48.6 Å². The summed E-state index contributed by atoms with van der Waals surface area (Å²) in [6.45, 7) is 2.72. The van der Waals surface area contributed by atoms with Gasteiger partial charge in [-0.3, -0.25) is 9.88 Å². The molecule has 0 saturated carbocycles. The summed E-state index contributed by atoms with van der Waals surface area (Å²) >= 11 is 0. The predicted octanol–water partition coefficient (Wildman–Crippen LogP) is 4.28. The van der Waals surface area contributed by atoms with Crippen LogP contribution in [0.2, 0.25) is 0 Å². The van der Waals surface area contributed by atoms with E-state index in [1.807, 2.05) is 36.4 Å². The maximum Gasteiger partial charge on any atom is 0.231 e. The Morgan fingerprint density at radius 3 is 2.93 bits per heavy atom. The molecule has 0 unspecified atom stereocenters. The van der Waals surface area contributed by atoms with E-state index in [1.165, 1.54) is 5.39 Å². The van der Waals surface area contributed by atoms with E-state index in [9.17, 15) is 0 Å². The number of fused-ring (bicyclic) bond motifs is 1. The van der Waals surface area contributed by atoms with Gasteiger partial charge in [0.2, 0.25) is 11.7 Å². The second-order valence-electron chi connectivity index (χ2n) is 7.40. The van der Waals surface area contributed by atoms with Gasteiger partial charge in [0.1, 0.15) is 5.75 Å². The zero-order valence-corrected chi connectivity index (χ0v) is 16.3. The van der Waals surface area contributed by atoms with Crippen molar-refractivity contribution in [3.05, 3.63) is 72.2 Å². The van der Waals surface area contributed by atoms with Crippen LogP contribution in [0.15, 0.2) is 65.2 Å². The summed E-state index contributed by atoms with van der Waals surface area (Å²) < 4.78 is 10.9. The fourth-order valence-electron chi connectivity index (χ4n) is 3.88. The third-order valence-corrected chi connectivity index (χ3v) is 5.43. The maximum atomic E-state index is 5.59. The van der Waals surface area contributed by atoms with Crippen molar-refractivity contribution in [3.8, 4) is 17.1 Å². The lowest BCUT2D eigenvalue weighted by Crippen LogP contribution is -2.20. The van der Waals surface area contributed by atoms with E-state index in [-0.39, 0.29) is 5.92 Å². The van der Waals surface area contributed by atoms with Crippen molar-refractivity contribution in [2.24, 2.45) is 0 Å². The number of hydrogen-bond donors (Lipinski definition) is 0. The summed E-state index contributed by atoms with van der Waals surface area (Å²) in [6.07, 6.45) is 1.01. The lowest BCUT2D eigenvalue weighted by atomic mass is 10.1. The van der Waals surface area contributed by atoms with Gasteiger partial charge in [0.05, 0.1) is 24.2 Å². The van der Waals surface area contributed by atoms with Crippen LogP contribution in [-0.4, -0.2) is 40.2 Å². The molecule has 0 amide bonds. The van der Waals surface area contributed by atoms with Gasteiger partial charge >= 0.3 is 0 Å². The Balaban J connectivity index is 1.27. The smallest absolute Gasteiger partial charge is 0.231 e. The molecule has 3 heterocycles. The summed E-state index contributed by atoms with van der Waals surface area (Å²) in [5, 5.41) is 5.35. The van der Waals surface area contributed by atoms with Crippen molar-refractivity contribution in [1.29, 1.82) is 0 Å². The normalized spacial score (nSPS) is 17.1. The summed E-state index contributed by atoms with van der Waals surface area (Å²) in [4.78, 5) is 11.8. The molecule has 1 atom stereocenters. The number of para-hydroxylation sites is 1. The van der Waals surface area contributed by atoms with Crippen LogP contribution in [0.4, 0.5) is 0 Å². The maximum absolute atomic E-state index is 5.59. The van der Waals surface area contributed by atoms with Crippen LogP contribution in [-0.2, 0) is 6.54 Å². The quantitative estimate of drug-likeness (QED) is 0.510. The van der Waals surface area contributed by atoms with Gasteiger partial charge in [-0.25, -0.2) is 0 Å². The van der Waals surface area contributed by atoms with Crippen molar-refractivity contribution in [2.75, 3.05) is 20.2 Å². The zero-order chi connectivity index (χ0) is 19.6. The average Bonchev–Trinajstić information content (AvgIpc) is 3.43. The van der Waals surface area contributed by atoms with Gasteiger partial charge in [-0.2, -0.15) is 4.98 Å². The summed E-state index contributed by atoms with van der Waals surface area (Å²) in [5.74, 6) is 2.34. The number of likely N-dealkylation sites (tertiary alicyclic amines) is 1. The van der Waals surface area contributed by atoms with Gasteiger partial charge in [-0.15, -0.1) is 0 Å². The Labute approximate surface area is 169 Å². The molecule has 1 saturated heterocycles. The first-order valence-electron chi connectivity index (χ1n) is 9.83. The molecule has 4 aromatic rings. The minimum Gasteiger partial charge on any atom is -0.497 e. The minimum atomic E-state index is 0.252. The Bertz CT molecular complexity index is 1140. The Kier molecular flexibility index (Phi) is 4.69. The van der Waals surface area contributed by atoms with Crippen LogP contribution in [0, 0.1) is 0 Å². The Hall–Kier alpha value is -3.25. The first-order valence-corrected chi connectivity index (χ1v) is 9.83. The topological polar surface area (TPSA) is 64.3 Å². The SMILES string of the molecule is COc1cccc(-c2noc([C@H]3CCN(Cc4ccc5ccccc5n4)C3)n2)c1. The minimum absolute atomic E-state index is 0.252. The highest BCUT2D eigenvalue weighted by atomic mass is 16.5. The molecule has 1 aliphatic rings. The van der Waals surface area contributed by atoms with Crippen molar-refractivity contribution in [1.82, 2.24) is 20.0 Å². The number of benzene rings is 2. The third kappa shape index (κ3) is 3.71. The van der Waals surface area contributed by atoms with Crippen LogP contribution in [0.5, 0.6) is 5.75 Å². The number of nitrogens with zero attached hydrogens (tertiary/aromatic N) is 4. The molecule has 2 aromatic heterocycles. The fraction of sp³-hybridized carbons (Fsp3) is 0.261. The van der Waals surface area contributed by atoms with E-state index >= 15 is 0 Å². The Morgan fingerprint density at radius 1 is 1.07 bits per heavy atom. The number of hydrogen-bond acceptors (Lipinski definition) is 6. The summed E-state index contributed by atoms with van der Waals surface area (Å²) in [6, 6.07) is 20.2. The monoisotopic (exact) mass is 386 g/mol. The molecule has 146 valence electrons. The zero-order valence-electron chi connectivity index (χ0n) is 16.3. The second-order valence-corrected chi connectivity index (χ2v) is 7.40. The number of ether oxygens (including phenoxy) is 1. The second kappa shape index (κ2) is 7.64. The molecule has 6 heteroatoms. The summed E-state index contributed by atoms with van der Waals surface area (Å²) in [7, 11) is 1.65. The highest BCUT2D eigenvalue weighted by Crippen LogP contribution is 2.29.